The van der Waals surface area contributed by atoms with E-state index in [2.05, 4.69) is 21.2 Å². The number of carbonyl (C=O) groups is 1. The van der Waals surface area contributed by atoms with Gasteiger partial charge in [0.2, 0.25) is 0 Å². The zero-order chi connectivity index (χ0) is 15.9. The summed E-state index contributed by atoms with van der Waals surface area (Å²) in [7, 11) is 0. The third-order valence-corrected chi connectivity index (χ3v) is 3.54. The lowest BCUT2D eigenvalue weighted by molar-refractivity contribution is 0.0842. The second-order valence-electron chi connectivity index (χ2n) is 4.61. The van der Waals surface area contributed by atoms with Crippen LogP contribution in [0.2, 0.25) is 0 Å². The van der Waals surface area contributed by atoms with E-state index in [1.807, 2.05) is 18.2 Å². The first kappa shape index (κ1) is 16.5. The fourth-order valence-corrected chi connectivity index (χ4v) is 2.13. The summed E-state index contributed by atoms with van der Waals surface area (Å²) in [5, 5.41) is 12.5. The second-order valence-corrected chi connectivity index (χ2v) is 5.47. The smallest absolute Gasteiger partial charge is 0.254 e. The molecule has 22 heavy (non-hydrogen) atoms. The molecule has 0 aliphatic rings. The Morgan fingerprint density at radius 2 is 2.23 bits per heavy atom. The molecule has 1 unspecified atom stereocenters. The minimum atomic E-state index is -0.822. The highest BCUT2D eigenvalue weighted by Crippen LogP contribution is 2.23. The topological polar surface area (TPSA) is 97.7 Å². The van der Waals surface area contributed by atoms with Gasteiger partial charge in [-0.15, -0.1) is 0 Å². The Balaban J connectivity index is 1.76. The summed E-state index contributed by atoms with van der Waals surface area (Å²) in [5.74, 6) is 0.835. The van der Waals surface area contributed by atoms with Crippen LogP contribution >= 0.6 is 15.9 Å². The van der Waals surface area contributed by atoms with E-state index in [4.69, 9.17) is 14.9 Å². The van der Waals surface area contributed by atoms with E-state index in [1.54, 1.807) is 12.1 Å². The number of nitrogens with one attached hydrogen (secondary N) is 1. The Morgan fingerprint density at radius 1 is 1.45 bits per heavy atom. The molecule has 2 rings (SSSR count). The van der Waals surface area contributed by atoms with Gasteiger partial charge >= 0.3 is 0 Å². The van der Waals surface area contributed by atoms with E-state index in [0.29, 0.717) is 17.1 Å². The average Bonchev–Trinajstić information content (AvgIpc) is 3.01. The van der Waals surface area contributed by atoms with Crippen LogP contribution in [0, 0.1) is 0 Å². The van der Waals surface area contributed by atoms with Crippen molar-refractivity contribution in [2.24, 2.45) is 5.73 Å². The first-order chi connectivity index (χ1) is 10.6. The Labute approximate surface area is 136 Å². The van der Waals surface area contributed by atoms with E-state index in [0.717, 1.165) is 4.47 Å². The average molecular weight is 369 g/mol. The Bertz CT molecular complexity index is 630. The van der Waals surface area contributed by atoms with Gasteiger partial charge in [0.15, 0.2) is 0 Å². The summed E-state index contributed by atoms with van der Waals surface area (Å²) in [5.41, 5.74) is 5.78. The molecule has 0 aliphatic carbocycles. The number of ether oxygens (including phenoxy) is 1. The van der Waals surface area contributed by atoms with Crippen LogP contribution < -0.4 is 15.8 Å². The van der Waals surface area contributed by atoms with Crippen molar-refractivity contribution >= 4 is 21.8 Å². The van der Waals surface area contributed by atoms with Gasteiger partial charge < -0.3 is 25.3 Å². The number of amides is 1. The van der Waals surface area contributed by atoms with Crippen molar-refractivity contribution in [3.8, 4) is 5.75 Å². The number of benzene rings is 1. The maximum Gasteiger partial charge on any atom is 0.254 e. The van der Waals surface area contributed by atoms with E-state index >= 15 is 0 Å². The maximum absolute atomic E-state index is 11.8. The number of carbonyl (C=O) groups excluding carboxylic acids is 1. The molecule has 0 saturated carbocycles. The minimum absolute atomic E-state index is 0.0718. The molecule has 0 aliphatic heterocycles. The number of nitrogens with two attached hydrogens (primary N) is 1. The normalized spacial score (nSPS) is 12.0. The minimum Gasteiger partial charge on any atom is -0.490 e. The summed E-state index contributed by atoms with van der Waals surface area (Å²) in [6.45, 7) is 0.379. The Hall–Kier alpha value is -1.83. The van der Waals surface area contributed by atoms with Gasteiger partial charge in [-0.1, -0.05) is 12.1 Å². The summed E-state index contributed by atoms with van der Waals surface area (Å²) < 4.78 is 11.4. The molecular weight excluding hydrogens is 352 g/mol. The molecule has 1 atom stereocenters. The lowest BCUT2D eigenvalue weighted by atomic mass is 10.2. The Morgan fingerprint density at radius 3 is 2.91 bits per heavy atom. The molecule has 1 amide bonds. The predicted molar refractivity (Wildman–Crippen MR) is 84.6 cm³/mol. The lowest BCUT2D eigenvalue weighted by Crippen LogP contribution is -2.35. The van der Waals surface area contributed by atoms with Gasteiger partial charge in [0.1, 0.15) is 30.5 Å². The van der Waals surface area contributed by atoms with Crippen LogP contribution in [0.1, 0.15) is 16.1 Å². The summed E-state index contributed by atoms with van der Waals surface area (Å²) in [4.78, 5) is 11.8. The van der Waals surface area contributed by atoms with Crippen molar-refractivity contribution in [2.75, 3.05) is 13.2 Å². The van der Waals surface area contributed by atoms with Crippen molar-refractivity contribution in [1.82, 2.24) is 5.32 Å². The highest BCUT2D eigenvalue weighted by Gasteiger charge is 2.12. The summed E-state index contributed by atoms with van der Waals surface area (Å²) in [6.07, 6.45) is 0.513. The number of aliphatic hydroxyl groups excluding tert-OH is 1. The zero-order valence-corrected chi connectivity index (χ0v) is 13.4. The van der Waals surface area contributed by atoms with Gasteiger partial charge in [-0.05, 0) is 34.1 Å². The van der Waals surface area contributed by atoms with Gasteiger partial charge in [0.05, 0.1) is 16.6 Å². The van der Waals surface area contributed by atoms with Crippen molar-refractivity contribution in [1.29, 1.82) is 0 Å². The van der Waals surface area contributed by atoms with Crippen LogP contribution in [0.25, 0.3) is 0 Å². The fourth-order valence-electron chi connectivity index (χ4n) is 1.73. The number of furan rings is 1. The highest BCUT2D eigenvalue weighted by molar-refractivity contribution is 9.10. The van der Waals surface area contributed by atoms with E-state index in [1.165, 1.54) is 6.26 Å². The SMILES string of the molecule is NCc1cc(C(=O)NCC(O)COc2ccccc2Br)co1. The van der Waals surface area contributed by atoms with E-state index < -0.39 is 6.10 Å². The molecule has 1 heterocycles. The first-order valence-corrected chi connectivity index (χ1v) is 7.50. The third kappa shape index (κ3) is 4.59. The van der Waals surface area contributed by atoms with Crippen LogP contribution in [-0.2, 0) is 6.54 Å². The molecule has 7 heteroatoms. The molecule has 0 saturated heterocycles. The van der Waals surface area contributed by atoms with Crippen molar-refractivity contribution in [2.45, 2.75) is 12.6 Å². The van der Waals surface area contributed by atoms with Crippen LogP contribution in [-0.4, -0.2) is 30.3 Å². The van der Waals surface area contributed by atoms with Crippen LogP contribution in [0.4, 0.5) is 0 Å². The second kappa shape index (κ2) is 7.98. The zero-order valence-electron chi connectivity index (χ0n) is 11.8. The monoisotopic (exact) mass is 368 g/mol. The molecule has 6 nitrogen and oxygen atoms in total. The predicted octanol–water partition coefficient (Wildman–Crippen LogP) is 1.67. The molecule has 0 radical (unpaired) electrons. The lowest BCUT2D eigenvalue weighted by Gasteiger charge is -2.13. The number of hydrogen-bond acceptors (Lipinski definition) is 5. The molecule has 4 N–H and O–H groups in total. The standard InChI is InChI=1S/C15H17BrN2O4/c16-13-3-1-2-4-14(13)22-9-11(19)7-18-15(20)10-5-12(6-17)21-8-10/h1-5,8,11,19H,6-7,9,17H2,(H,18,20). The molecule has 1 aromatic carbocycles. The first-order valence-electron chi connectivity index (χ1n) is 6.71. The third-order valence-electron chi connectivity index (χ3n) is 2.88. The number of para-hydroxylation sites is 1. The summed E-state index contributed by atoms with van der Waals surface area (Å²) in [6, 6.07) is 8.90. The number of hydrogen-bond donors (Lipinski definition) is 3. The molecule has 1 aromatic heterocycles. The fraction of sp³-hybridized carbons (Fsp3) is 0.267. The van der Waals surface area contributed by atoms with Gasteiger partial charge in [-0.25, -0.2) is 0 Å². The van der Waals surface area contributed by atoms with Gasteiger partial charge in [-0.2, -0.15) is 0 Å². The van der Waals surface area contributed by atoms with Gasteiger partial charge in [-0.3, -0.25) is 4.79 Å². The number of rotatable bonds is 7. The summed E-state index contributed by atoms with van der Waals surface area (Å²) >= 11 is 3.35. The quantitative estimate of drug-likeness (QED) is 0.690. The van der Waals surface area contributed by atoms with Gasteiger partial charge in [0.25, 0.3) is 5.91 Å². The van der Waals surface area contributed by atoms with Crippen molar-refractivity contribution in [3.63, 3.8) is 0 Å². The van der Waals surface area contributed by atoms with Crippen LogP contribution in [0.3, 0.4) is 0 Å². The maximum atomic E-state index is 11.8. The van der Waals surface area contributed by atoms with Crippen LogP contribution in [0.15, 0.2) is 45.5 Å². The Kier molecular flexibility index (Phi) is 6.00. The molecular formula is C15H17BrN2O4. The molecule has 0 spiro atoms. The molecule has 2 aromatic rings. The van der Waals surface area contributed by atoms with Crippen LogP contribution in [0.5, 0.6) is 5.75 Å². The highest BCUT2D eigenvalue weighted by atomic mass is 79.9. The van der Waals surface area contributed by atoms with Crippen molar-refractivity contribution < 1.29 is 19.1 Å². The molecule has 0 fully saturated rings. The molecule has 0 bridgehead atoms. The number of aliphatic hydroxyl groups is 1. The molecule has 118 valence electrons. The van der Waals surface area contributed by atoms with Crippen molar-refractivity contribution in [3.05, 3.63) is 52.4 Å². The largest absolute Gasteiger partial charge is 0.490 e. The van der Waals surface area contributed by atoms with E-state index in [-0.39, 0.29) is 25.6 Å². The van der Waals surface area contributed by atoms with E-state index in [9.17, 15) is 9.90 Å². The van der Waals surface area contributed by atoms with Gasteiger partial charge in [0, 0.05) is 6.54 Å². The number of halogens is 1.